The van der Waals surface area contributed by atoms with Gasteiger partial charge >= 0.3 is 5.97 Å². The molecule has 0 unspecified atom stereocenters. The van der Waals surface area contributed by atoms with E-state index in [2.05, 4.69) is 0 Å². The first-order valence-electron chi connectivity index (χ1n) is 6.21. The Morgan fingerprint density at radius 3 is 2.50 bits per heavy atom. The molecular formula is C12H19NO5. The van der Waals surface area contributed by atoms with Crippen molar-refractivity contribution in [3.05, 3.63) is 0 Å². The van der Waals surface area contributed by atoms with Crippen LogP contribution < -0.4 is 0 Å². The smallest absolute Gasteiger partial charge is 0.305 e. The standard InChI is InChI=1S/C12H19NO5/c1-2-18-12(16)6-4-3-5-7-13-10(14)8-17-9-11(13)15/h2-9H2,1H3. The Bertz CT molecular complexity index is 300. The summed E-state index contributed by atoms with van der Waals surface area (Å²) >= 11 is 0. The summed E-state index contributed by atoms with van der Waals surface area (Å²) in [5.41, 5.74) is 0. The number of amides is 2. The molecular weight excluding hydrogens is 238 g/mol. The average Bonchev–Trinajstić information content (AvgIpc) is 2.32. The van der Waals surface area contributed by atoms with Gasteiger partial charge < -0.3 is 9.47 Å². The number of imide groups is 1. The SMILES string of the molecule is CCOC(=O)CCCCCN1C(=O)COCC1=O. The molecule has 0 saturated carbocycles. The van der Waals surface area contributed by atoms with Crippen LogP contribution in [0.15, 0.2) is 0 Å². The fraction of sp³-hybridized carbons (Fsp3) is 0.750. The van der Waals surface area contributed by atoms with Gasteiger partial charge in [0.25, 0.3) is 11.8 Å². The lowest BCUT2D eigenvalue weighted by Crippen LogP contribution is -2.46. The number of unbranched alkanes of at least 4 members (excludes halogenated alkanes) is 2. The molecule has 6 heteroatoms. The second-order valence-corrected chi connectivity index (χ2v) is 4.05. The second kappa shape index (κ2) is 7.81. The van der Waals surface area contributed by atoms with E-state index in [1.54, 1.807) is 6.92 Å². The third-order valence-electron chi connectivity index (χ3n) is 2.62. The van der Waals surface area contributed by atoms with Crippen LogP contribution in [0.1, 0.15) is 32.6 Å². The molecule has 18 heavy (non-hydrogen) atoms. The summed E-state index contributed by atoms with van der Waals surface area (Å²) in [6, 6.07) is 0. The van der Waals surface area contributed by atoms with Crippen LogP contribution in [-0.4, -0.2) is 49.0 Å². The van der Waals surface area contributed by atoms with E-state index in [0.717, 1.165) is 6.42 Å². The van der Waals surface area contributed by atoms with Crippen molar-refractivity contribution in [2.24, 2.45) is 0 Å². The lowest BCUT2D eigenvalue weighted by Gasteiger charge is -2.24. The Labute approximate surface area is 106 Å². The van der Waals surface area contributed by atoms with Crippen LogP contribution in [0.3, 0.4) is 0 Å². The van der Waals surface area contributed by atoms with Crippen molar-refractivity contribution in [3.63, 3.8) is 0 Å². The predicted molar refractivity (Wildman–Crippen MR) is 62.6 cm³/mol. The number of esters is 1. The highest BCUT2D eigenvalue weighted by Crippen LogP contribution is 2.06. The van der Waals surface area contributed by atoms with Crippen molar-refractivity contribution in [1.29, 1.82) is 0 Å². The van der Waals surface area contributed by atoms with E-state index in [1.165, 1.54) is 4.90 Å². The van der Waals surface area contributed by atoms with E-state index in [-0.39, 0.29) is 31.0 Å². The van der Waals surface area contributed by atoms with Crippen LogP contribution in [0, 0.1) is 0 Å². The lowest BCUT2D eigenvalue weighted by atomic mass is 10.2. The number of ether oxygens (including phenoxy) is 2. The molecule has 6 nitrogen and oxygen atoms in total. The van der Waals surface area contributed by atoms with Gasteiger partial charge in [0.1, 0.15) is 13.2 Å². The summed E-state index contributed by atoms with van der Waals surface area (Å²) in [5, 5.41) is 0. The quantitative estimate of drug-likeness (QED) is 0.377. The van der Waals surface area contributed by atoms with E-state index < -0.39 is 0 Å². The summed E-state index contributed by atoms with van der Waals surface area (Å²) in [6.07, 6.45) is 2.60. The molecule has 0 spiro atoms. The number of nitrogens with zero attached hydrogens (tertiary/aromatic N) is 1. The van der Waals surface area contributed by atoms with Gasteiger partial charge in [-0.1, -0.05) is 6.42 Å². The average molecular weight is 257 g/mol. The van der Waals surface area contributed by atoms with Gasteiger partial charge in [-0.2, -0.15) is 0 Å². The summed E-state index contributed by atoms with van der Waals surface area (Å²) in [7, 11) is 0. The minimum Gasteiger partial charge on any atom is -0.466 e. The molecule has 102 valence electrons. The van der Waals surface area contributed by atoms with E-state index in [9.17, 15) is 14.4 Å². The molecule has 0 radical (unpaired) electrons. The Morgan fingerprint density at radius 1 is 1.22 bits per heavy atom. The maximum Gasteiger partial charge on any atom is 0.305 e. The Morgan fingerprint density at radius 2 is 1.89 bits per heavy atom. The molecule has 0 aromatic heterocycles. The van der Waals surface area contributed by atoms with Crippen molar-refractivity contribution in [3.8, 4) is 0 Å². The Hall–Kier alpha value is -1.43. The van der Waals surface area contributed by atoms with E-state index in [1.807, 2.05) is 0 Å². The van der Waals surface area contributed by atoms with E-state index in [0.29, 0.717) is 32.4 Å². The highest BCUT2D eigenvalue weighted by atomic mass is 16.5. The predicted octanol–water partition coefficient (Wildman–Crippen LogP) is 0.495. The zero-order valence-corrected chi connectivity index (χ0v) is 10.6. The molecule has 1 heterocycles. The van der Waals surface area contributed by atoms with Crippen LogP contribution in [-0.2, 0) is 23.9 Å². The van der Waals surface area contributed by atoms with Crippen LogP contribution in [0.4, 0.5) is 0 Å². The van der Waals surface area contributed by atoms with Gasteiger partial charge in [-0.25, -0.2) is 0 Å². The molecule has 0 N–H and O–H groups in total. The van der Waals surface area contributed by atoms with E-state index in [4.69, 9.17) is 9.47 Å². The highest BCUT2D eigenvalue weighted by molar-refractivity contribution is 5.98. The number of carbonyl (C=O) groups is 3. The van der Waals surface area contributed by atoms with Crippen molar-refractivity contribution >= 4 is 17.8 Å². The van der Waals surface area contributed by atoms with Crippen LogP contribution in [0.5, 0.6) is 0 Å². The van der Waals surface area contributed by atoms with Gasteiger partial charge in [0.15, 0.2) is 0 Å². The molecule has 0 aliphatic carbocycles. The Balaban J connectivity index is 2.11. The highest BCUT2D eigenvalue weighted by Gasteiger charge is 2.25. The molecule has 0 aromatic carbocycles. The first kappa shape index (κ1) is 14.6. The zero-order chi connectivity index (χ0) is 13.4. The van der Waals surface area contributed by atoms with Gasteiger partial charge in [-0.3, -0.25) is 19.3 Å². The van der Waals surface area contributed by atoms with E-state index >= 15 is 0 Å². The third-order valence-corrected chi connectivity index (χ3v) is 2.62. The maximum atomic E-state index is 11.4. The fourth-order valence-corrected chi connectivity index (χ4v) is 1.72. The minimum absolute atomic E-state index is 0.0193. The largest absolute Gasteiger partial charge is 0.466 e. The summed E-state index contributed by atoms with van der Waals surface area (Å²) in [4.78, 5) is 35.0. The van der Waals surface area contributed by atoms with Crippen molar-refractivity contribution < 1.29 is 23.9 Å². The van der Waals surface area contributed by atoms with Gasteiger partial charge in [-0.05, 0) is 19.8 Å². The molecule has 1 saturated heterocycles. The number of hydrogen-bond acceptors (Lipinski definition) is 5. The molecule has 1 aliphatic rings. The van der Waals surface area contributed by atoms with Gasteiger partial charge in [0, 0.05) is 13.0 Å². The first-order valence-corrected chi connectivity index (χ1v) is 6.21. The van der Waals surface area contributed by atoms with Gasteiger partial charge in [0.05, 0.1) is 6.61 Å². The van der Waals surface area contributed by atoms with Gasteiger partial charge in [0.2, 0.25) is 0 Å². The monoisotopic (exact) mass is 257 g/mol. The summed E-state index contributed by atoms with van der Waals surface area (Å²) in [5.74, 6) is -0.760. The zero-order valence-electron chi connectivity index (χ0n) is 10.6. The van der Waals surface area contributed by atoms with Crippen LogP contribution in [0.2, 0.25) is 0 Å². The number of carbonyl (C=O) groups excluding carboxylic acids is 3. The summed E-state index contributed by atoms with van der Waals surface area (Å²) in [6.45, 7) is 2.54. The molecule has 1 fully saturated rings. The van der Waals surface area contributed by atoms with Gasteiger partial charge in [-0.15, -0.1) is 0 Å². The lowest BCUT2D eigenvalue weighted by molar-refractivity contribution is -0.158. The summed E-state index contributed by atoms with van der Waals surface area (Å²) < 4.78 is 9.61. The fourth-order valence-electron chi connectivity index (χ4n) is 1.72. The molecule has 0 aromatic rings. The molecule has 2 amide bonds. The van der Waals surface area contributed by atoms with Crippen molar-refractivity contribution in [2.75, 3.05) is 26.4 Å². The van der Waals surface area contributed by atoms with Crippen LogP contribution >= 0.6 is 0 Å². The number of rotatable bonds is 7. The second-order valence-electron chi connectivity index (χ2n) is 4.05. The topological polar surface area (TPSA) is 72.9 Å². The third kappa shape index (κ3) is 4.83. The number of hydrogen-bond donors (Lipinski definition) is 0. The normalized spacial score (nSPS) is 15.9. The first-order chi connectivity index (χ1) is 8.65. The van der Waals surface area contributed by atoms with Crippen molar-refractivity contribution in [1.82, 2.24) is 4.90 Å². The van der Waals surface area contributed by atoms with Crippen molar-refractivity contribution in [2.45, 2.75) is 32.6 Å². The maximum absolute atomic E-state index is 11.4. The minimum atomic E-state index is -0.281. The molecule has 1 aliphatic heterocycles. The Kier molecular flexibility index (Phi) is 6.35. The molecule has 1 rings (SSSR count). The van der Waals surface area contributed by atoms with Crippen LogP contribution in [0.25, 0.3) is 0 Å². The number of morpholine rings is 1. The molecule has 0 bridgehead atoms. The molecule has 0 atom stereocenters.